The van der Waals surface area contributed by atoms with Gasteiger partial charge in [0, 0.05) is 13.0 Å². The van der Waals surface area contributed by atoms with Crippen LogP contribution in [0.15, 0.2) is 78.9 Å². The molecule has 1 aliphatic carbocycles. The molecule has 1 aliphatic rings. The predicted octanol–water partition coefficient (Wildman–Crippen LogP) is 4.10. The number of benzene rings is 3. The van der Waals surface area contributed by atoms with Crippen LogP contribution < -0.4 is 10.6 Å². The molecule has 210 valence electrons. The fourth-order valence-corrected chi connectivity index (χ4v) is 4.82. The Morgan fingerprint density at radius 3 is 1.95 bits per heavy atom. The van der Waals surface area contributed by atoms with Crippen molar-refractivity contribution in [3.8, 4) is 11.1 Å². The summed E-state index contributed by atoms with van der Waals surface area (Å²) in [5.41, 5.74) is 5.19. The summed E-state index contributed by atoms with van der Waals surface area (Å²) in [6, 6.07) is 22.8. The van der Waals surface area contributed by atoms with Crippen LogP contribution >= 0.6 is 0 Å². The molecule has 40 heavy (non-hydrogen) atoms. The molecule has 0 heterocycles. The highest BCUT2D eigenvalue weighted by Gasteiger charge is 2.35. The summed E-state index contributed by atoms with van der Waals surface area (Å²) < 4.78 is 16.6. The number of methoxy groups -OCH3 is 1. The van der Waals surface area contributed by atoms with E-state index in [-0.39, 0.29) is 19.1 Å². The molecule has 0 fully saturated rings. The molecule has 0 aliphatic heterocycles. The summed E-state index contributed by atoms with van der Waals surface area (Å²) >= 11 is 0. The monoisotopic (exact) mass is 546 g/mol. The first kappa shape index (κ1) is 28.8. The highest BCUT2D eigenvalue weighted by molar-refractivity contribution is 5.90. The third-order valence-electron chi connectivity index (χ3n) is 7.13. The van der Waals surface area contributed by atoms with E-state index >= 15 is 0 Å². The number of aliphatic carboxylic acids is 1. The van der Waals surface area contributed by atoms with Gasteiger partial charge in [-0.15, -0.1) is 0 Å². The van der Waals surface area contributed by atoms with Gasteiger partial charge in [-0.05, 0) is 41.7 Å². The Balaban J connectivity index is 1.47. The summed E-state index contributed by atoms with van der Waals surface area (Å²) in [4.78, 5) is 38.1. The maximum Gasteiger partial charge on any atom is 0.407 e. The number of ether oxygens (including phenoxy) is 3. The van der Waals surface area contributed by atoms with Crippen molar-refractivity contribution in [3.63, 3.8) is 0 Å². The third kappa shape index (κ3) is 6.67. The molecule has 0 spiro atoms. The number of alkyl carbamates (subject to hydrolysis) is 1. The first-order chi connectivity index (χ1) is 19.3. The van der Waals surface area contributed by atoms with E-state index in [9.17, 15) is 19.5 Å². The average Bonchev–Trinajstić information content (AvgIpc) is 3.29. The number of carboxylic acid groups (broad SMARTS) is 1. The van der Waals surface area contributed by atoms with Crippen molar-refractivity contribution in [2.24, 2.45) is 0 Å². The van der Waals surface area contributed by atoms with Gasteiger partial charge in [-0.1, -0.05) is 78.9 Å². The second-order valence-corrected chi connectivity index (χ2v) is 9.71. The van der Waals surface area contributed by atoms with Crippen molar-refractivity contribution in [2.45, 2.75) is 50.7 Å². The molecule has 9 nitrogen and oxygen atoms in total. The number of carboxylic acids is 1. The van der Waals surface area contributed by atoms with Crippen LogP contribution in [-0.2, 0) is 30.4 Å². The van der Waals surface area contributed by atoms with Gasteiger partial charge in [0.2, 0.25) is 5.91 Å². The van der Waals surface area contributed by atoms with Gasteiger partial charge in [-0.3, -0.25) is 4.79 Å². The molecular weight excluding hydrogens is 512 g/mol. The quantitative estimate of drug-likeness (QED) is 0.313. The Labute approximate surface area is 233 Å². The number of carbonyl (C=O) groups is 3. The third-order valence-corrected chi connectivity index (χ3v) is 7.13. The number of hydrogen-bond acceptors (Lipinski definition) is 6. The Bertz CT molecular complexity index is 1280. The largest absolute Gasteiger partial charge is 0.480 e. The number of amides is 2. The molecule has 9 heteroatoms. The minimum atomic E-state index is -1.33. The molecule has 0 saturated heterocycles. The van der Waals surface area contributed by atoms with E-state index in [0.29, 0.717) is 0 Å². The van der Waals surface area contributed by atoms with E-state index < -0.39 is 42.3 Å². The molecule has 4 atom stereocenters. The molecule has 4 rings (SSSR count). The van der Waals surface area contributed by atoms with E-state index in [0.717, 1.165) is 27.8 Å². The van der Waals surface area contributed by atoms with E-state index in [1.54, 1.807) is 6.92 Å². The first-order valence-corrected chi connectivity index (χ1v) is 13.1. The molecule has 4 unspecified atom stereocenters. The fourth-order valence-electron chi connectivity index (χ4n) is 4.82. The SMILES string of the molecule is COC(C)C(NC(=O)C(NC(=O)OCC1c2ccccc2-c2ccccc21)C(C)OCc1ccccc1)C(=O)O. The fraction of sp³-hybridized carbons (Fsp3) is 0.323. The number of hydrogen-bond donors (Lipinski definition) is 3. The molecule has 0 aromatic heterocycles. The molecule has 3 aromatic carbocycles. The number of nitrogens with one attached hydrogen (secondary N) is 2. The molecule has 0 bridgehead atoms. The van der Waals surface area contributed by atoms with Gasteiger partial charge in [0.25, 0.3) is 0 Å². The van der Waals surface area contributed by atoms with E-state index in [2.05, 4.69) is 10.6 Å². The zero-order chi connectivity index (χ0) is 28.6. The van der Waals surface area contributed by atoms with Crippen LogP contribution in [0.3, 0.4) is 0 Å². The maximum absolute atomic E-state index is 13.3. The van der Waals surface area contributed by atoms with Crippen molar-refractivity contribution in [1.82, 2.24) is 10.6 Å². The molecule has 2 amide bonds. The van der Waals surface area contributed by atoms with Crippen LogP contribution in [0, 0.1) is 0 Å². The van der Waals surface area contributed by atoms with Crippen LogP contribution in [0.2, 0.25) is 0 Å². The van der Waals surface area contributed by atoms with Gasteiger partial charge in [0.05, 0.1) is 18.8 Å². The normalized spacial score (nSPS) is 15.2. The lowest BCUT2D eigenvalue weighted by Gasteiger charge is -2.27. The van der Waals surface area contributed by atoms with E-state index in [1.165, 1.54) is 14.0 Å². The molecular formula is C31H34N2O7. The van der Waals surface area contributed by atoms with Gasteiger partial charge in [-0.2, -0.15) is 0 Å². The summed E-state index contributed by atoms with van der Waals surface area (Å²) in [5, 5.41) is 14.7. The summed E-state index contributed by atoms with van der Waals surface area (Å²) in [5.74, 6) is -2.15. The van der Waals surface area contributed by atoms with Crippen LogP contribution in [-0.4, -0.2) is 61.1 Å². The maximum atomic E-state index is 13.3. The van der Waals surface area contributed by atoms with Crippen LogP contribution in [0.4, 0.5) is 4.79 Å². The van der Waals surface area contributed by atoms with Gasteiger partial charge in [-0.25, -0.2) is 9.59 Å². The summed E-state index contributed by atoms with van der Waals surface area (Å²) in [6.45, 7) is 3.41. The van der Waals surface area contributed by atoms with Crippen molar-refractivity contribution in [3.05, 3.63) is 95.6 Å². The van der Waals surface area contributed by atoms with Gasteiger partial charge in [0.1, 0.15) is 12.6 Å². The Morgan fingerprint density at radius 1 is 0.800 bits per heavy atom. The van der Waals surface area contributed by atoms with Crippen molar-refractivity contribution in [2.75, 3.05) is 13.7 Å². The topological polar surface area (TPSA) is 123 Å². The second-order valence-electron chi connectivity index (χ2n) is 9.71. The molecule has 0 radical (unpaired) electrons. The smallest absolute Gasteiger partial charge is 0.407 e. The zero-order valence-electron chi connectivity index (χ0n) is 22.7. The second kappa shape index (κ2) is 13.2. The highest BCUT2D eigenvalue weighted by Crippen LogP contribution is 2.44. The van der Waals surface area contributed by atoms with E-state index in [1.807, 2.05) is 78.9 Å². The average molecular weight is 547 g/mol. The lowest BCUT2D eigenvalue weighted by molar-refractivity contribution is -0.146. The minimum absolute atomic E-state index is 0.0614. The van der Waals surface area contributed by atoms with Gasteiger partial charge < -0.3 is 30.0 Å². The Morgan fingerprint density at radius 2 is 1.38 bits per heavy atom. The lowest BCUT2D eigenvalue weighted by atomic mass is 9.98. The summed E-state index contributed by atoms with van der Waals surface area (Å²) in [6.07, 6.45) is -2.44. The van der Waals surface area contributed by atoms with Gasteiger partial charge in [0.15, 0.2) is 6.04 Å². The van der Waals surface area contributed by atoms with Crippen LogP contribution in [0.5, 0.6) is 0 Å². The molecule has 0 saturated carbocycles. The predicted molar refractivity (Wildman–Crippen MR) is 149 cm³/mol. The highest BCUT2D eigenvalue weighted by atomic mass is 16.5. The number of rotatable bonds is 12. The van der Waals surface area contributed by atoms with Crippen molar-refractivity contribution < 1.29 is 33.7 Å². The van der Waals surface area contributed by atoms with Crippen LogP contribution in [0.25, 0.3) is 11.1 Å². The standard InChI is InChI=1S/C31H34N2O7/c1-19(38-3)28(30(35)36)32-29(34)27(20(2)39-17-21-11-5-4-6-12-21)33-31(37)40-18-26-24-15-9-7-13-22(24)23-14-8-10-16-25(23)26/h4-16,19-20,26-28H,17-18H2,1-3H3,(H,32,34)(H,33,37)(H,35,36). The van der Waals surface area contributed by atoms with Crippen molar-refractivity contribution in [1.29, 1.82) is 0 Å². The molecule has 3 aromatic rings. The van der Waals surface area contributed by atoms with Crippen LogP contribution in [0.1, 0.15) is 36.5 Å². The minimum Gasteiger partial charge on any atom is -0.480 e. The first-order valence-electron chi connectivity index (χ1n) is 13.1. The number of fused-ring (bicyclic) bond motifs is 3. The molecule has 3 N–H and O–H groups in total. The summed E-state index contributed by atoms with van der Waals surface area (Å²) in [7, 11) is 1.35. The van der Waals surface area contributed by atoms with Gasteiger partial charge >= 0.3 is 12.1 Å². The van der Waals surface area contributed by atoms with E-state index in [4.69, 9.17) is 14.2 Å². The lowest BCUT2D eigenvalue weighted by Crippen LogP contribution is -2.58. The Hall–Kier alpha value is -4.21. The number of carbonyl (C=O) groups excluding carboxylic acids is 2. The zero-order valence-corrected chi connectivity index (χ0v) is 22.7. The Kier molecular flexibility index (Phi) is 9.52. The van der Waals surface area contributed by atoms with Crippen molar-refractivity contribution >= 4 is 18.0 Å².